The van der Waals surface area contributed by atoms with Crippen LogP contribution >= 0.6 is 0 Å². The molecule has 0 heterocycles. The van der Waals surface area contributed by atoms with Crippen molar-refractivity contribution < 1.29 is 19.4 Å². The zero-order valence-corrected chi connectivity index (χ0v) is 17.7. The van der Waals surface area contributed by atoms with Gasteiger partial charge in [-0.25, -0.2) is 4.79 Å². The van der Waals surface area contributed by atoms with Crippen molar-refractivity contribution in [2.75, 3.05) is 13.2 Å². The summed E-state index contributed by atoms with van der Waals surface area (Å²) < 4.78 is 12.5. The molecule has 0 unspecified atom stereocenters. The van der Waals surface area contributed by atoms with Gasteiger partial charge in [0, 0.05) is 21.5 Å². The van der Waals surface area contributed by atoms with Crippen LogP contribution in [0.3, 0.4) is 0 Å². The van der Waals surface area contributed by atoms with Crippen LogP contribution in [0.1, 0.15) is 50.9 Å². The van der Waals surface area contributed by atoms with E-state index in [-0.39, 0.29) is 5.56 Å². The van der Waals surface area contributed by atoms with Gasteiger partial charge in [0.1, 0.15) is 11.5 Å². The Labute approximate surface area is 172 Å². The van der Waals surface area contributed by atoms with Crippen molar-refractivity contribution in [2.24, 2.45) is 11.8 Å². The summed E-state index contributed by atoms with van der Waals surface area (Å²) in [5.74, 6) is 1.65. The highest BCUT2D eigenvalue weighted by Crippen LogP contribution is 2.43. The molecule has 4 nitrogen and oxygen atoms in total. The average Bonchev–Trinajstić information content (AvgIpc) is 2.68. The topological polar surface area (TPSA) is 55.8 Å². The van der Waals surface area contributed by atoms with Crippen LogP contribution < -0.4 is 9.47 Å². The first-order valence-electron chi connectivity index (χ1n) is 10.4. The SMILES string of the molecule is CC(C)CCOc1c2ccccc2c(OCCC(C)C)c2cc(C(=O)O)ccc12. The number of ether oxygens (including phenoxy) is 2. The molecule has 0 fully saturated rings. The molecule has 3 aromatic carbocycles. The second kappa shape index (κ2) is 9.17. The Kier molecular flexibility index (Phi) is 6.63. The van der Waals surface area contributed by atoms with E-state index < -0.39 is 5.97 Å². The molecule has 0 amide bonds. The first kappa shape index (κ1) is 21.0. The molecule has 3 aromatic rings. The summed E-state index contributed by atoms with van der Waals surface area (Å²) in [4.78, 5) is 11.6. The van der Waals surface area contributed by atoms with Crippen LogP contribution in [0.15, 0.2) is 42.5 Å². The van der Waals surface area contributed by atoms with E-state index in [9.17, 15) is 9.90 Å². The van der Waals surface area contributed by atoms with Crippen LogP contribution in [-0.2, 0) is 0 Å². The second-order valence-electron chi connectivity index (χ2n) is 8.33. The van der Waals surface area contributed by atoms with Gasteiger partial charge in [-0.3, -0.25) is 0 Å². The van der Waals surface area contributed by atoms with Gasteiger partial charge in [-0.2, -0.15) is 0 Å². The highest BCUT2D eigenvalue weighted by atomic mass is 16.5. The molecule has 0 saturated carbocycles. The predicted molar refractivity (Wildman–Crippen MR) is 118 cm³/mol. The van der Waals surface area contributed by atoms with E-state index in [0.29, 0.717) is 25.0 Å². The Hall–Kier alpha value is -2.75. The normalized spacial score (nSPS) is 11.5. The van der Waals surface area contributed by atoms with Crippen LogP contribution in [-0.4, -0.2) is 24.3 Å². The van der Waals surface area contributed by atoms with E-state index in [1.807, 2.05) is 30.3 Å². The second-order valence-corrected chi connectivity index (χ2v) is 8.33. The number of carboxylic acid groups (broad SMARTS) is 1. The summed E-state index contributed by atoms with van der Waals surface area (Å²) in [6.07, 6.45) is 1.89. The van der Waals surface area contributed by atoms with Crippen molar-refractivity contribution in [3.8, 4) is 11.5 Å². The van der Waals surface area contributed by atoms with Gasteiger partial charge in [-0.1, -0.05) is 52.0 Å². The smallest absolute Gasteiger partial charge is 0.335 e. The maximum Gasteiger partial charge on any atom is 0.335 e. The highest BCUT2D eigenvalue weighted by Gasteiger charge is 2.18. The van der Waals surface area contributed by atoms with Crippen LogP contribution in [0.5, 0.6) is 11.5 Å². The molecular weight excluding hydrogens is 364 g/mol. The molecule has 154 valence electrons. The van der Waals surface area contributed by atoms with Gasteiger partial charge in [0.05, 0.1) is 18.8 Å². The minimum atomic E-state index is -0.949. The molecule has 0 atom stereocenters. The lowest BCUT2D eigenvalue weighted by Crippen LogP contribution is -2.05. The molecule has 0 aromatic heterocycles. The molecule has 29 heavy (non-hydrogen) atoms. The number of fused-ring (bicyclic) bond motifs is 2. The summed E-state index contributed by atoms with van der Waals surface area (Å²) in [6, 6.07) is 13.2. The Balaban J connectivity index is 2.19. The van der Waals surface area contributed by atoms with E-state index in [2.05, 4.69) is 27.7 Å². The minimum Gasteiger partial charge on any atom is -0.492 e. The summed E-state index contributed by atoms with van der Waals surface area (Å²) in [6.45, 7) is 9.86. The fourth-order valence-corrected chi connectivity index (χ4v) is 3.34. The van der Waals surface area contributed by atoms with Gasteiger partial charge >= 0.3 is 5.97 Å². The summed E-state index contributed by atoms with van der Waals surface area (Å²) >= 11 is 0. The molecule has 0 aliphatic rings. The fourth-order valence-electron chi connectivity index (χ4n) is 3.34. The van der Waals surface area contributed by atoms with E-state index >= 15 is 0 Å². The summed E-state index contributed by atoms with van der Waals surface area (Å²) in [5, 5.41) is 13.1. The van der Waals surface area contributed by atoms with Crippen molar-refractivity contribution in [1.82, 2.24) is 0 Å². The molecule has 0 spiro atoms. The zero-order valence-electron chi connectivity index (χ0n) is 17.7. The first-order valence-corrected chi connectivity index (χ1v) is 10.4. The zero-order chi connectivity index (χ0) is 21.0. The van der Waals surface area contributed by atoms with Gasteiger partial charge < -0.3 is 14.6 Å². The third-order valence-corrected chi connectivity index (χ3v) is 5.06. The summed E-state index contributed by atoms with van der Waals surface area (Å²) in [5.41, 5.74) is 0.245. The molecule has 1 N–H and O–H groups in total. The maximum absolute atomic E-state index is 11.6. The predicted octanol–water partition coefficient (Wildman–Crippen LogP) is 6.54. The van der Waals surface area contributed by atoms with Gasteiger partial charge in [-0.05, 0) is 42.9 Å². The van der Waals surface area contributed by atoms with Crippen molar-refractivity contribution in [2.45, 2.75) is 40.5 Å². The Morgan fingerprint density at radius 3 is 1.76 bits per heavy atom. The van der Waals surface area contributed by atoms with Crippen molar-refractivity contribution in [1.29, 1.82) is 0 Å². The maximum atomic E-state index is 11.6. The molecule has 4 heteroatoms. The average molecular weight is 395 g/mol. The van der Waals surface area contributed by atoms with E-state index in [1.54, 1.807) is 12.1 Å². The largest absolute Gasteiger partial charge is 0.492 e. The Morgan fingerprint density at radius 2 is 1.28 bits per heavy atom. The van der Waals surface area contributed by atoms with Crippen LogP contribution in [0, 0.1) is 11.8 Å². The minimum absolute atomic E-state index is 0.245. The quantitative estimate of drug-likeness (QED) is 0.419. The number of hydrogen-bond acceptors (Lipinski definition) is 3. The number of carbonyl (C=O) groups is 1. The number of carboxylic acids is 1. The Bertz CT molecular complexity index is 1000. The number of rotatable bonds is 9. The monoisotopic (exact) mass is 394 g/mol. The van der Waals surface area contributed by atoms with Crippen LogP contribution in [0.2, 0.25) is 0 Å². The van der Waals surface area contributed by atoms with Crippen LogP contribution in [0.25, 0.3) is 21.5 Å². The van der Waals surface area contributed by atoms with E-state index in [1.165, 1.54) is 0 Å². The summed E-state index contributed by atoms with van der Waals surface area (Å²) in [7, 11) is 0. The van der Waals surface area contributed by atoms with Gasteiger partial charge in [-0.15, -0.1) is 0 Å². The molecule has 0 aliphatic carbocycles. The standard InChI is InChI=1S/C25H30O4/c1-16(2)11-13-28-23-19-7-5-6-8-20(19)24(29-14-12-17(3)4)22-15-18(25(26)27)9-10-21(22)23/h5-10,15-17H,11-14H2,1-4H3,(H,26,27). The molecule has 0 aliphatic heterocycles. The van der Waals surface area contributed by atoms with Crippen LogP contribution in [0.4, 0.5) is 0 Å². The third-order valence-electron chi connectivity index (χ3n) is 5.06. The first-order chi connectivity index (χ1) is 13.9. The number of hydrogen-bond donors (Lipinski definition) is 1. The van der Waals surface area contributed by atoms with Crippen molar-refractivity contribution >= 4 is 27.5 Å². The van der Waals surface area contributed by atoms with E-state index in [0.717, 1.165) is 45.9 Å². The third kappa shape index (κ3) is 4.81. The molecule has 3 rings (SSSR count). The van der Waals surface area contributed by atoms with Gasteiger partial charge in [0.25, 0.3) is 0 Å². The van der Waals surface area contributed by atoms with Crippen molar-refractivity contribution in [3.05, 3.63) is 48.0 Å². The lowest BCUT2D eigenvalue weighted by Gasteiger charge is -2.19. The van der Waals surface area contributed by atoms with Crippen molar-refractivity contribution in [3.63, 3.8) is 0 Å². The van der Waals surface area contributed by atoms with Gasteiger partial charge in [0.2, 0.25) is 0 Å². The van der Waals surface area contributed by atoms with Gasteiger partial charge in [0.15, 0.2) is 0 Å². The molecule has 0 bridgehead atoms. The fraction of sp³-hybridized carbons (Fsp3) is 0.400. The lowest BCUT2D eigenvalue weighted by atomic mass is 9.98. The number of benzene rings is 3. The Morgan fingerprint density at radius 1 is 0.793 bits per heavy atom. The van der Waals surface area contributed by atoms with E-state index in [4.69, 9.17) is 9.47 Å². The lowest BCUT2D eigenvalue weighted by molar-refractivity contribution is 0.0697. The number of aromatic carboxylic acids is 1. The molecule has 0 saturated heterocycles. The highest BCUT2D eigenvalue weighted by molar-refractivity contribution is 6.12. The molecule has 0 radical (unpaired) electrons. The molecular formula is C25H30O4.